The van der Waals surface area contributed by atoms with Crippen LogP contribution in [0, 0.1) is 5.82 Å². The van der Waals surface area contributed by atoms with E-state index in [2.05, 4.69) is 5.32 Å². The van der Waals surface area contributed by atoms with Crippen molar-refractivity contribution in [3.05, 3.63) is 29.6 Å². The molecule has 1 aliphatic carbocycles. The monoisotopic (exact) mass is 310 g/mol. The van der Waals surface area contributed by atoms with Gasteiger partial charge in [-0.25, -0.2) is 9.18 Å². The average Bonchev–Trinajstić information content (AvgIpc) is 2.34. The smallest absolute Gasteiger partial charge is 0.412 e. The molecule has 1 aliphatic rings. The van der Waals surface area contributed by atoms with Gasteiger partial charge in [0.1, 0.15) is 11.4 Å². The number of halogens is 1. The number of nitrogens with two attached hydrogens (primary N) is 1. The first-order valence-corrected chi connectivity index (χ1v) is 7.33. The predicted molar refractivity (Wildman–Crippen MR) is 82.2 cm³/mol. The molecule has 6 heteroatoms. The number of carbonyl (C=O) groups excluding carboxylic acids is 1. The van der Waals surface area contributed by atoms with Crippen molar-refractivity contribution in [3.63, 3.8) is 0 Å². The van der Waals surface area contributed by atoms with Crippen LogP contribution in [0.4, 0.5) is 14.9 Å². The molecule has 5 nitrogen and oxygen atoms in total. The third-order valence-corrected chi connectivity index (χ3v) is 3.83. The van der Waals surface area contributed by atoms with E-state index in [0.29, 0.717) is 24.1 Å². The highest BCUT2D eigenvalue weighted by atomic mass is 19.1. The zero-order valence-corrected chi connectivity index (χ0v) is 13.1. The zero-order valence-electron chi connectivity index (χ0n) is 13.1. The lowest BCUT2D eigenvalue weighted by molar-refractivity contribution is 0.0223. The van der Waals surface area contributed by atoms with E-state index in [1.54, 1.807) is 20.8 Å². The van der Waals surface area contributed by atoms with Crippen LogP contribution in [0.1, 0.15) is 39.2 Å². The lowest BCUT2D eigenvalue weighted by Crippen LogP contribution is -2.50. The highest BCUT2D eigenvalue weighted by Crippen LogP contribution is 2.46. The molecule has 2 rings (SSSR count). The van der Waals surface area contributed by atoms with Crippen LogP contribution in [0.25, 0.3) is 0 Å². The summed E-state index contributed by atoms with van der Waals surface area (Å²) in [5.41, 5.74) is 5.78. The number of hydrogen-bond acceptors (Lipinski definition) is 4. The van der Waals surface area contributed by atoms with Crippen LogP contribution in [0.3, 0.4) is 0 Å². The second-order valence-electron chi connectivity index (χ2n) is 6.86. The van der Waals surface area contributed by atoms with Gasteiger partial charge < -0.3 is 15.6 Å². The summed E-state index contributed by atoms with van der Waals surface area (Å²) in [4.78, 5) is 11.9. The SMILES string of the molecule is CC(C)(C)OC(=O)Nc1ccc(F)cc1C1(CN)CC(O)C1. The molecule has 122 valence electrons. The molecular weight excluding hydrogens is 287 g/mol. The number of hydrogen-bond donors (Lipinski definition) is 3. The maximum Gasteiger partial charge on any atom is 0.412 e. The van der Waals surface area contributed by atoms with E-state index >= 15 is 0 Å². The molecule has 1 amide bonds. The van der Waals surface area contributed by atoms with Gasteiger partial charge in [0.2, 0.25) is 0 Å². The summed E-state index contributed by atoms with van der Waals surface area (Å²) < 4.78 is 18.9. The number of amides is 1. The first-order valence-electron chi connectivity index (χ1n) is 7.33. The maximum atomic E-state index is 13.6. The van der Waals surface area contributed by atoms with Crippen molar-refractivity contribution in [1.82, 2.24) is 0 Å². The van der Waals surface area contributed by atoms with Gasteiger partial charge in [-0.15, -0.1) is 0 Å². The van der Waals surface area contributed by atoms with E-state index in [9.17, 15) is 14.3 Å². The summed E-state index contributed by atoms with van der Waals surface area (Å²) in [5.74, 6) is -0.404. The van der Waals surface area contributed by atoms with Crippen molar-refractivity contribution in [3.8, 4) is 0 Å². The minimum atomic E-state index is -0.623. The minimum Gasteiger partial charge on any atom is -0.444 e. The van der Waals surface area contributed by atoms with Gasteiger partial charge in [0.15, 0.2) is 0 Å². The van der Waals surface area contributed by atoms with E-state index in [1.165, 1.54) is 18.2 Å². The van der Waals surface area contributed by atoms with E-state index in [1.807, 2.05) is 0 Å². The van der Waals surface area contributed by atoms with Gasteiger partial charge in [-0.05, 0) is 57.4 Å². The van der Waals surface area contributed by atoms with Crippen molar-refractivity contribution in [1.29, 1.82) is 0 Å². The first kappa shape index (κ1) is 16.7. The Balaban J connectivity index is 2.27. The van der Waals surface area contributed by atoms with Gasteiger partial charge in [0.05, 0.1) is 6.10 Å². The molecule has 22 heavy (non-hydrogen) atoms. The number of rotatable bonds is 3. The molecule has 0 aromatic heterocycles. The number of aliphatic hydroxyl groups excluding tert-OH is 1. The lowest BCUT2D eigenvalue weighted by atomic mass is 9.62. The number of ether oxygens (including phenoxy) is 1. The zero-order chi connectivity index (χ0) is 16.5. The van der Waals surface area contributed by atoms with E-state index < -0.39 is 29.0 Å². The van der Waals surface area contributed by atoms with Crippen LogP contribution in [-0.4, -0.2) is 29.4 Å². The predicted octanol–water partition coefficient (Wildman–Crippen LogP) is 2.52. The normalized spacial score (nSPS) is 24.5. The number of aliphatic hydroxyl groups is 1. The number of benzene rings is 1. The molecule has 0 radical (unpaired) electrons. The first-order chi connectivity index (χ1) is 10.1. The van der Waals surface area contributed by atoms with Gasteiger partial charge in [0, 0.05) is 17.6 Å². The molecule has 0 saturated heterocycles. The van der Waals surface area contributed by atoms with Crippen molar-refractivity contribution >= 4 is 11.8 Å². The van der Waals surface area contributed by atoms with Crippen LogP contribution in [0.5, 0.6) is 0 Å². The number of carbonyl (C=O) groups is 1. The second-order valence-corrected chi connectivity index (χ2v) is 6.86. The van der Waals surface area contributed by atoms with E-state index in [4.69, 9.17) is 10.5 Å². The molecule has 0 unspecified atom stereocenters. The Morgan fingerprint density at radius 3 is 2.64 bits per heavy atom. The van der Waals surface area contributed by atoms with Gasteiger partial charge >= 0.3 is 6.09 Å². The van der Waals surface area contributed by atoms with Crippen LogP contribution < -0.4 is 11.1 Å². The Labute approximate surface area is 129 Å². The highest BCUT2D eigenvalue weighted by Gasteiger charge is 2.45. The molecule has 1 fully saturated rings. The summed E-state index contributed by atoms with van der Waals surface area (Å²) in [7, 11) is 0. The second kappa shape index (κ2) is 5.85. The van der Waals surface area contributed by atoms with Crippen LogP contribution in [0.15, 0.2) is 18.2 Å². The Bertz CT molecular complexity index is 563. The average molecular weight is 310 g/mol. The molecule has 0 bridgehead atoms. The molecule has 4 N–H and O–H groups in total. The standard InChI is InChI=1S/C16H23FN2O3/c1-15(2,3)22-14(21)19-13-5-4-10(17)6-12(13)16(9-18)7-11(20)8-16/h4-6,11,20H,7-9,18H2,1-3H3,(H,19,21). The topological polar surface area (TPSA) is 84.6 Å². The lowest BCUT2D eigenvalue weighted by Gasteiger charge is -2.46. The van der Waals surface area contributed by atoms with Crippen molar-refractivity contribution < 1.29 is 19.0 Å². The van der Waals surface area contributed by atoms with Crippen LogP contribution >= 0.6 is 0 Å². The number of nitrogens with one attached hydrogen (secondary N) is 1. The summed E-state index contributed by atoms with van der Waals surface area (Å²) in [6, 6.07) is 4.14. The molecule has 1 saturated carbocycles. The van der Waals surface area contributed by atoms with Crippen molar-refractivity contribution in [2.45, 2.75) is 50.7 Å². The third kappa shape index (κ3) is 3.56. The Morgan fingerprint density at radius 1 is 1.50 bits per heavy atom. The molecule has 0 heterocycles. The van der Waals surface area contributed by atoms with Crippen molar-refractivity contribution in [2.24, 2.45) is 5.73 Å². The molecule has 0 spiro atoms. The third-order valence-electron chi connectivity index (χ3n) is 3.83. The van der Waals surface area contributed by atoms with Crippen molar-refractivity contribution in [2.75, 3.05) is 11.9 Å². The minimum absolute atomic E-state index is 0.274. The summed E-state index contributed by atoms with van der Waals surface area (Å²) in [6.07, 6.45) is -0.139. The van der Waals surface area contributed by atoms with Crippen LogP contribution in [0.2, 0.25) is 0 Å². The molecular formula is C16H23FN2O3. The van der Waals surface area contributed by atoms with Gasteiger partial charge in [-0.1, -0.05) is 0 Å². The molecule has 0 aliphatic heterocycles. The molecule has 1 aromatic rings. The fourth-order valence-electron chi connectivity index (χ4n) is 2.82. The fourth-order valence-corrected chi connectivity index (χ4v) is 2.82. The molecule has 0 atom stereocenters. The molecule has 1 aromatic carbocycles. The largest absolute Gasteiger partial charge is 0.444 e. The number of anilines is 1. The maximum absolute atomic E-state index is 13.6. The fraction of sp³-hybridized carbons (Fsp3) is 0.562. The summed E-state index contributed by atoms with van der Waals surface area (Å²) >= 11 is 0. The van der Waals surface area contributed by atoms with E-state index in [-0.39, 0.29) is 6.54 Å². The van der Waals surface area contributed by atoms with Gasteiger partial charge in [0.25, 0.3) is 0 Å². The highest BCUT2D eigenvalue weighted by molar-refractivity contribution is 5.86. The van der Waals surface area contributed by atoms with Crippen LogP contribution in [-0.2, 0) is 10.2 Å². The Hall–Kier alpha value is -1.66. The van der Waals surface area contributed by atoms with Gasteiger partial charge in [-0.2, -0.15) is 0 Å². The van der Waals surface area contributed by atoms with E-state index in [0.717, 1.165) is 0 Å². The van der Waals surface area contributed by atoms with Gasteiger partial charge in [-0.3, -0.25) is 5.32 Å². The summed E-state index contributed by atoms with van der Waals surface area (Å²) in [6.45, 7) is 5.57. The summed E-state index contributed by atoms with van der Waals surface area (Å²) in [5, 5.41) is 12.3. The quantitative estimate of drug-likeness (QED) is 0.801. The Morgan fingerprint density at radius 2 is 2.14 bits per heavy atom. The Kier molecular flexibility index (Phi) is 4.44.